The highest BCUT2D eigenvalue weighted by atomic mass is 19.1. The van der Waals surface area contributed by atoms with Gasteiger partial charge in [0.1, 0.15) is 29.0 Å². The fraction of sp³-hybridized carbons (Fsp3) is 0.208. The molecule has 0 spiro atoms. The molecule has 9 heteroatoms. The number of fused-ring (bicyclic) bond motifs is 1. The van der Waals surface area contributed by atoms with Crippen molar-refractivity contribution in [2.45, 2.75) is 13.0 Å². The molecule has 6 nitrogen and oxygen atoms in total. The molecule has 1 aliphatic heterocycles. The van der Waals surface area contributed by atoms with E-state index in [2.05, 4.69) is 19.9 Å². The van der Waals surface area contributed by atoms with Crippen LogP contribution in [0.25, 0.3) is 33.5 Å². The fourth-order valence-corrected chi connectivity index (χ4v) is 4.15. The molecule has 5 rings (SSSR count). The standard InChI is InChI=1S/C24H19F3N6/c1-12(29)15-10-33(11-15)23-17(13-2-3-19(26)14(4-13)7-28)8-30-9-18(23)24-31-21-6-16(25)5-20(27)22(21)32-24/h2-6,8-9,12,15H,10-11,29H2,1H3,(H,31,32). The number of hydrogen-bond donors (Lipinski definition) is 2. The zero-order valence-corrected chi connectivity index (χ0v) is 17.6. The second kappa shape index (κ2) is 7.90. The van der Waals surface area contributed by atoms with Crippen molar-refractivity contribution < 1.29 is 13.2 Å². The van der Waals surface area contributed by atoms with Gasteiger partial charge < -0.3 is 15.6 Å². The molecular weight excluding hydrogens is 429 g/mol. The number of H-pyrrole nitrogens is 1. The van der Waals surface area contributed by atoms with E-state index in [0.717, 1.165) is 11.8 Å². The third kappa shape index (κ3) is 3.58. The van der Waals surface area contributed by atoms with Crippen LogP contribution in [0.15, 0.2) is 42.7 Å². The first-order chi connectivity index (χ1) is 15.9. The third-order valence-electron chi connectivity index (χ3n) is 6.04. The fourth-order valence-electron chi connectivity index (χ4n) is 4.15. The van der Waals surface area contributed by atoms with Crippen LogP contribution in [0.1, 0.15) is 12.5 Å². The number of halogens is 3. The van der Waals surface area contributed by atoms with Gasteiger partial charge in [0.15, 0.2) is 5.82 Å². The molecular formula is C24H19F3N6. The van der Waals surface area contributed by atoms with Crippen LogP contribution in [0, 0.1) is 34.7 Å². The van der Waals surface area contributed by atoms with Gasteiger partial charge in [-0.1, -0.05) is 6.07 Å². The Morgan fingerprint density at radius 1 is 1.12 bits per heavy atom. The highest BCUT2D eigenvalue weighted by Gasteiger charge is 2.33. The number of nitriles is 1. The van der Waals surface area contributed by atoms with Crippen LogP contribution in [-0.2, 0) is 0 Å². The second-order valence-electron chi connectivity index (χ2n) is 8.28. The number of aromatic amines is 1. The highest BCUT2D eigenvalue weighted by molar-refractivity contribution is 5.91. The van der Waals surface area contributed by atoms with Gasteiger partial charge in [0.2, 0.25) is 0 Å². The van der Waals surface area contributed by atoms with Crippen molar-refractivity contribution in [1.29, 1.82) is 5.26 Å². The molecule has 166 valence electrons. The maximum Gasteiger partial charge on any atom is 0.153 e. The Morgan fingerprint density at radius 3 is 2.61 bits per heavy atom. The minimum absolute atomic E-state index is 0.00859. The molecule has 2 aromatic carbocycles. The van der Waals surface area contributed by atoms with Crippen molar-refractivity contribution in [1.82, 2.24) is 15.0 Å². The van der Waals surface area contributed by atoms with E-state index in [1.165, 1.54) is 18.2 Å². The van der Waals surface area contributed by atoms with Crippen molar-refractivity contribution in [3.63, 3.8) is 0 Å². The van der Waals surface area contributed by atoms with Gasteiger partial charge in [-0.2, -0.15) is 5.26 Å². The largest absolute Gasteiger partial charge is 0.370 e. The SMILES string of the molecule is CC(N)C1CN(c2c(-c3ccc(F)c(C#N)c3)cncc2-c2nc3c(F)cc(F)cc3[nH]2)C1. The van der Waals surface area contributed by atoms with Crippen molar-refractivity contribution >= 4 is 16.7 Å². The predicted octanol–water partition coefficient (Wildman–Crippen LogP) is 4.36. The van der Waals surface area contributed by atoms with E-state index in [1.807, 2.05) is 13.0 Å². The van der Waals surface area contributed by atoms with Gasteiger partial charge in [0, 0.05) is 49.1 Å². The zero-order valence-electron chi connectivity index (χ0n) is 17.6. The summed E-state index contributed by atoms with van der Waals surface area (Å²) in [5.41, 5.74) is 8.82. The minimum atomic E-state index is -0.767. The van der Waals surface area contributed by atoms with Gasteiger partial charge in [0.05, 0.1) is 22.3 Å². The Bertz CT molecular complexity index is 1420. The molecule has 33 heavy (non-hydrogen) atoms. The molecule has 0 amide bonds. The Labute approximate surface area is 187 Å². The van der Waals surface area contributed by atoms with Crippen LogP contribution in [0.4, 0.5) is 18.9 Å². The first-order valence-corrected chi connectivity index (χ1v) is 10.4. The summed E-state index contributed by atoms with van der Waals surface area (Å²) in [6.07, 6.45) is 3.23. The lowest BCUT2D eigenvalue weighted by atomic mass is 9.90. The number of nitrogens with zero attached hydrogens (tertiary/aromatic N) is 4. The van der Waals surface area contributed by atoms with Crippen LogP contribution in [0.2, 0.25) is 0 Å². The van der Waals surface area contributed by atoms with E-state index in [9.17, 15) is 18.4 Å². The topological polar surface area (TPSA) is 94.6 Å². The number of aromatic nitrogens is 3. The van der Waals surface area contributed by atoms with Crippen molar-refractivity contribution in [2.75, 3.05) is 18.0 Å². The van der Waals surface area contributed by atoms with Crippen LogP contribution < -0.4 is 10.6 Å². The smallest absolute Gasteiger partial charge is 0.153 e. The monoisotopic (exact) mass is 448 g/mol. The number of anilines is 1. The summed E-state index contributed by atoms with van der Waals surface area (Å²) in [4.78, 5) is 13.8. The summed E-state index contributed by atoms with van der Waals surface area (Å²) in [6.45, 7) is 3.31. The lowest BCUT2D eigenvalue weighted by molar-refractivity contribution is 0.355. The maximum atomic E-state index is 14.3. The highest BCUT2D eigenvalue weighted by Crippen LogP contribution is 2.42. The summed E-state index contributed by atoms with van der Waals surface area (Å²) in [5, 5.41) is 9.27. The van der Waals surface area contributed by atoms with Crippen LogP contribution in [0.3, 0.4) is 0 Å². The van der Waals surface area contributed by atoms with Gasteiger partial charge in [-0.25, -0.2) is 18.2 Å². The maximum absolute atomic E-state index is 14.3. The molecule has 1 aliphatic rings. The van der Waals surface area contributed by atoms with E-state index in [-0.39, 0.29) is 28.6 Å². The van der Waals surface area contributed by atoms with Crippen LogP contribution in [-0.4, -0.2) is 34.1 Å². The Kier molecular flexibility index (Phi) is 5.02. The normalized spacial score (nSPS) is 14.8. The molecule has 0 bridgehead atoms. The number of nitrogens with two attached hydrogens (primary N) is 1. The molecule has 2 aromatic heterocycles. The lowest BCUT2D eigenvalue weighted by Gasteiger charge is -2.44. The Balaban J connectivity index is 1.70. The zero-order chi connectivity index (χ0) is 23.3. The van der Waals surface area contributed by atoms with Gasteiger partial charge >= 0.3 is 0 Å². The molecule has 0 saturated carbocycles. The average molecular weight is 448 g/mol. The molecule has 0 radical (unpaired) electrons. The number of pyridine rings is 1. The first-order valence-electron chi connectivity index (χ1n) is 10.4. The number of hydrogen-bond acceptors (Lipinski definition) is 5. The molecule has 3 N–H and O–H groups in total. The van der Waals surface area contributed by atoms with E-state index in [1.54, 1.807) is 18.5 Å². The molecule has 0 aliphatic carbocycles. The summed E-state index contributed by atoms with van der Waals surface area (Å²) < 4.78 is 42.0. The summed E-state index contributed by atoms with van der Waals surface area (Å²) in [6, 6.07) is 8.12. The number of nitrogens with one attached hydrogen (secondary N) is 1. The lowest BCUT2D eigenvalue weighted by Crippen LogP contribution is -2.54. The molecule has 1 atom stereocenters. The quantitative estimate of drug-likeness (QED) is 0.484. The van der Waals surface area contributed by atoms with Crippen LogP contribution >= 0.6 is 0 Å². The molecule has 1 fully saturated rings. The third-order valence-corrected chi connectivity index (χ3v) is 6.04. The van der Waals surface area contributed by atoms with E-state index >= 15 is 0 Å². The Morgan fingerprint density at radius 2 is 1.88 bits per heavy atom. The second-order valence-corrected chi connectivity index (χ2v) is 8.28. The van der Waals surface area contributed by atoms with Crippen molar-refractivity contribution in [3.8, 4) is 28.6 Å². The van der Waals surface area contributed by atoms with Gasteiger partial charge in [-0.3, -0.25) is 4.98 Å². The van der Waals surface area contributed by atoms with Gasteiger partial charge in [-0.05, 0) is 30.7 Å². The van der Waals surface area contributed by atoms with Gasteiger partial charge in [-0.15, -0.1) is 0 Å². The minimum Gasteiger partial charge on any atom is -0.370 e. The average Bonchev–Trinajstić information content (AvgIpc) is 3.17. The van der Waals surface area contributed by atoms with Crippen LogP contribution in [0.5, 0.6) is 0 Å². The number of imidazole rings is 1. The Hall–Kier alpha value is -3.90. The summed E-state index contributed by atoms with van der Waals surface area (Å²) >= 11 is 0. The van der Waals surface area contributed by atoms with Crippen molar-refractivity contribution in [2.24, 2.45) is 11.7 Å². The number of benzene rings is 2. The number of rotatable bonds is 4. The predicted molar refractivity (Wildman–Crippen MR) is 119 cm³/mol. The molecule has 3 heterocycles. The molecule has 1 unspecified atom stereocenters. The summed E-state index contributed by atoms with van der Waals surface area (Å²) in [7, 11) is 0. The molecule has 4 aromatic rings. The van der Waals surface area contributed by atoms with E-state index in [0.29, 0.717) is 35.6 Å². The molecule has 1 saturated heterocycles. The van der Waals surface area contributed by atoms with E-state index in [4.69, 9.17) is 5.73 Å². The summed E-state index contributed by atoms with van der Waals surface area (Å²) in [5.74, 6) is -1.48. The van der Waals surface area contributed by atoms with Gasteiger partial charge in [0.25, 0.3) is 0 Å². The van der Waals surface area contributed by atoms with Crippen molar-refractivity contribution in [3.05, 3.63) is 65.7 Å². The first kappa shape index (κ1) is 21.0. The van der Waals surface area contributed by atoms with E-state index < -0.39 is 17.5 Å².